The average Bonchev–Trinajstić information content (AvgIpc) is 2.70. The minimum atomic E-state index is -0.884. The van der Waals surface area contributed by atoms with Crippen LogP contribution in [0.15, 0.2) is 42.5 Å². The van der Waals surface area contributed by atoms with Crippen molar-refractivity contribution in [1.29, 1.82) is 0 Å². The van der Waals surface area contributed by atoms with E-state index in [1.54, 1.807) is 17.0 Å². The largest absolute Gasteiger partial charge is 0.481 e. The number of para-hydroxylation sites is 1. The standard InChI is InChI=1S/C19H17ClN2O3/c1-21-14-5-3-2-4-12(14)18-13(19(24)25)7-9-17(23)22(18)16-10-11(20)6-8-15(16)21/h2-6,8,10,13,18H,7,9H2,1H3,(H,24,25). The van der Waals surface area contributed by atoms with Gasteiger partial charge in [-0.3, -0.25) is 9.59 Å². The molecule has 2 heterocycles. The van der Waals surface area contributed by atoms with Gasteiger partial charge in [0, 0.05) is 24.2 Å². The Balaban J connectivity index is 2.04. The van der Waals surface area contributed by atoms with E-state index in [0.717, 1.165) is 16.9 Å². The summed E-state index contributed by atoms with van der Waals surface area (Å²) >= 11 is 6.19. The topological polar surface area (TPSA) is 60.9 Å². The highest BCUT2D eigenvalue weighted by Gasteiger charge is 2.45. The molecule has 128 valence electrons. The molecule has 1 saturated heterocycles. The molecule has 5 nitrogen and oxygen atoms in total. The van der Waals surface area contributed by atoms with Gasteiger partial charge in [0.2, 0.25) is 5.91 Å². The van der Waals surface area contributed by atoms with Crippen LogP contribution in [0, 0.1) is 5.92 Å². The van der Waals surface area contributed by atoms with Gasteiger partial charge >= 0.3 is 5.97 Å². The van der Waals surface area contributed by atoms with Crippen LogP contribution < -0.4 is 9.80 Å². The summed E-state index contributed by atoms with van der Waals surface area (Å²) in [6.07, 6.45) is 0.550. The Hall–Kier alpha value is -2.53. The van der Waals surface area contributed by atoms with Crippen molar-refractivity contribution in [1.82, 2.24) is 0 Å². The molecule has 0 aromatic heterocycles. The number of carbonyl (C=O) groups is 2. The number of carbonyl (C=O) groups excluding carboxylic acids is 1. The molecule has 0 bridgehead atoms. The van der Waals surface area contributed by atoms with Crippen LogP contribution >= 0.6 is 11.6 Å². The van der Waals surface area contributed by atoms with E-state index in [1.165, 1.54) is 0 Å². The lowest BCUT2D eigenvalue weighted by molar-refractivity contribution is -0.144. The number of hydrogen-bond donors (Lipinski definition) is 1. The Morgan fingerprint density at radius 1 is 1.16 bits per heavy atom. The molecular weight excluding hydrogens is 340 g/mol. The van der Waals surface area contributed by atoms with Gasteiger partial charge in [0.25, 0.3) is 0 Å². The fourth-order valence-electron chi connectivity index (χ4n) is 3.94. The highest BCUT2D eigenvalue weighted by Crippen LogP contribution is 2.50. The minimum Gasteiger partial charge on any atom is -0.481 e. The molecule has 6 heteroatoms. The number of aliphatic carboxylic acids is 1. The second-order valence-electron chi connectivity index (χ2n) is 6.44. The first kappa shape index (κ1) is 16.0. The van der Waals surface area contributed by atoms with E-state index in [4.69, 9.17) is 11.6 Å². The summed E-state index contributed by atoms with van der Waals surface area (Å²) < 4.78 is 0. The highest BCUT2D eigenvalue weighted by molar-refractivity contribution is 6.31. The van der Waals surface area contributed by atoms with Crippen molar-refractivity contribution in [3.8, 4) is 0 Å². The van der Waals surface area contributed by atoms with Gasteiger partial charge in [-0.1, -0.05) is 29.8 Å². The minimum absolute atomic E-state index is 0.0730. The molecule has 0 spiro atoms. The molecular formula is C19H17ClN2O3. The van der Waals surface area contributed by atoms with Crippen LogP contribution in [0.4, 0.5) is 17.1 Å². The van der Waals surface area contributed by atoms with Crippen LogP contribution in [-0.2, 0) is 9.59 Å². The van der Waals surface area contributed by atoms with E-state index in [-0.39, 0.29) is 12.3 Å². The van der Waals surface area contributed by atoms with Crippen LogP contribution in [0.5, 0.6) is 0 Å². The second kappa shape index (κ2) is 5.77. The zero-order valence-corrected chi connectivity index (χ0v) is 14.4. The maximum absolute atomic E-state index is 12.8. The van der Waals surface area contributed by atoms with Crippen molar-refractivity contribution >= 4 is 40.5 Å². The SMILES string of the molecule is CN1c2ccccc2C2C(C(=O)O)CCC(=O)N2c2cc(Cl)ccc21. The lowest BCUT2D eigenvalue weighted by atomic mass is 9.83. The van der Waals surface area contributed by atoms with E-state index < -0.39 is 17.9 Å². The van der Waals surface area contributed by atoms with E-state index >= 15 is 0 Å². The zero-order valence-electron chi connectivity index (χ0n) is 13.6. The molecule has 2 aromatic rings. The van der Waals surface area contributed by atoms with Gasteiger partial charge < -0.3 is 14.9 Å². The Bertz CT molecular complexity index is 883. The maximum Gasteiger partial charge on any atom is 0.308 e. The number of rotatable bonds is 1. The molecule has 1 amide bonds. The van der Waals surface area contributed by atoms with E-state index in [0.29, 0.717) is 17.1 Å². The summed E-state index contributed by atoms with van der Waals surface area (Å²) in [5, 5.41) is 10.3. The summed E-state index contributed by atoms with van der Waals surface area (Å²) in [6.45, 7) is 0. The van der Waals surface area contributed by atoms with Gasteiger partial charge in [0.15, 0.2) is 0 Å². The number of hydrogen-bond acceptors (Lipinski definition) is 3. The summed E-state index contributed by atoms with van der Waals surface area (Å²) in [7, 11) is 1.92. The third kappa shape index (κ3) is 2.38. The molecule has 0 saturated carbocycles. The summed E-state index contributed by atoms with van der Waals surface area (Å²) in [5.74, 6) is -1.61. The first-order valence-corrected chi connectivity index (χ1v) is 8.54. The molecule has 4 rings (SSSR count). The molecule has 2 unspecified atom stereocenters. The number of nitrogens with zero attached hydrogens (tertiary/aromatic N) is 2. The first-order valence-electron chi connectivity index (χ1n) is 8.16. The Labute approximate surface area is 150 Å². The monoisotopic (exact) mass is 356 g/mol. The Kier molecular flexibility index (Phi) is 3.69. The van der Waals surface area contributed by atoms with Crippen LogP contribution in [0.1, 0.15) is 24.4 Å². The molecule has 25 heavy (non-hydrogen) atoms. The van der Waals surface area contributed by atoms with Gasteiger partial charge in [0.05, 0.1) is 23.3 Å². The number of amides is 1. The van der Waals surface area contributed by atoms with Crippen LogP contribution in [0.25, 0.3) is 0 Å². The van der Waals surface area contributed by atoms with Crippen LogP contribution in [0.3, 0.4) is 0 Å². The zero-order chi connectivity index (χ0) is 17.7. The predicted octanol–water partition coefficient (Wildman–Crippen LogP) is 3.99. The van der Waals surface area contributed by atoms with Crippen molar-refractivity contribution in [3.05, 3.63) is 53.1 Å². The molecule has 1 fully saturated rings. The molecule has 2 atom stereocenters. The lowest BCUT2D eigenvalue weighted by Crippen LogP contribution is -2.45. The van der Waals surface area contributed by atoms with E-state index in [2.05, 4.69) is 0 Å². The fraction of sp³-hybridized carbons (Fsp3) is 0.263. The quantitative estimate of drug-likeness (QED) is 0.839. The number of carboxylic acid groups (broad SMARTS) is 1. The van der Waals surface area contributed by atoms with Crippen molar-refractivity contribution in [2.45, 2.75) is 18.9 Å². The lowest BCUT2D eigenvalue weighted by Gasteiger charge is -2.39. The summed E-state index contributed by atoms with van der Waals surface area (Å²) in [6, 6.07) is 12.5. The first-order chi connectivity index (χ1) is 12.0. The van der Waals surface area contributed by atoms with Crippen LogP contribution in [0.2, 0.25) is 5.02 Å². The molecule has 2 aromatic carbocycles. The second-order valence-corrected chi connectivity index (χ2v) is 6.88. The van der Waals surface area contributed by atoms with Crippen molar-refractivity contribution < 1.29 is 14.7 Å². The van der Waals surface area contributed by atoms with Crippen molar-refractivity contribution in [2.75, 3.05) is 16.8 Å². The summed E-state index contributed by atoms with van der Waals surface area (Å²) in [4.78, 5) is 28.4. The van der Waals surface area contributed by atoms with Gasteiger partial charge in [-0.15, -0.1) is 0 Å². The Morgan fingerprint density at radius 2 is 1.92 bits per heavy atom. The molecule has 0 aliphatic carbocycles. The molecule has 1 N–H and O–H groups in total. The van der Waals surface area contributed by atoms with Crippen molar-refractivity contribution in [2.24, 2.45) is 5.92 Å². The fourth-order valence-corrected chi connectivity index (χ4v) is 4.10. The van der Waals surface area contributed by atoms with Gasteiger partial charge in [-0.05, 0) is 36.2 Å². The molecule has 0 radical (unpaired) electrons. The highest BCUT2D eigenvalue weighted by atomic mass is 35.5. The van der Waals surface area contributed by atoms with E-state index in [1.807, 2.05) is 42.3 Å². The normalized spacial score (nSPS) is 21.9. The third-order valence-electron chi connectivity index (χ3n) is 5.09. The number of halogens is 1. The van der Waals surface area contributed by atoms with Gasteiger partial charge in [0.1, 0.15) is 0 Å². The molecule has 2 aliphatic heterocycles. The number of carboxylic acids is 1. The number of anilines is 3. The average molecular weight is 357 g/mol. The summed E-state index contributed by atoms with van der Waals surface area (Å²) in [5.41, 5.74) is 3.24. The van der Waals surface area contributed by atoms with E-state index in [9.17, 15) is 14.7 Å². The third-order valence-corrected chi connectivity index (χ3v) is 5.32. The van der Waals surface area contributed by atoms with Crippen molar-refractivity contribution in [3.63, 3.8) is 0 Å². The number of piperidine rings is 1. The maximum atomic E-state index is 12.8. The Morgan fingerprint density at radius 3 is 2.68 bits per heavy atom. The molecule has 2 aliphatic rings. The smallest absolute Gasteiger partial charge is 0.308 e. The van der Waals surface area contributed by atoms with Crippen LogP contribution in [-0.4, -0.2) is 24.0 Å². The predicted molar refractivity (Wildman–Crippen MR) is 96.5 cm³/mol. The number of fused-ring (bicyclic) bond motifs is 5. The number of benzene rings is 2. The van der Waals surface area contributed by atoms with Gasteiger partial charge in [-0.2, -0.15) is 0 Å². The van der Waals surface area contributed by atoms with Gasteiger partial charge in [-0.25, -0.2) is 0 Å².